The van der Waals surface area contributed by atoms with E-state index in [0.29, 0.717) is 5.41 Å². The topological polar surface area (TPSA) is 15.3 Å². The van der Waals surface area contributed by atoms with E-state index >= 15 is 0 Å². The number of rotatable bonds is 2. The molecule has 4 unspecified atom stereocenters. The zero-order valence-corrected chi connectivity index (χ0v) is 12.3. The van der Waals surface area contributed by atoms with E-state index < -0.39 is 0 Å². The second-order valence-corrected chi connectivity index (χ2v) is 7.37. The van der Waals surface area contributed by atoms with Gasteiger partial charge in [0.15, 0.2) is 0 Å². The van der Waals surface area contributed by atoms with Crippen LogP contribution in [-0.2, 0) is 0 Å². The molecular weight excluding hydrogens is 208 g/mol. The van der Waals surface area contributed by atoms with E-state index in [9.17, 15) is 0 Å². The van der Waals surface area contributed by atoms with Gasteiger partial charge in [0.2, 0.25) is 0 Å². The summed E-state index contributed by atoms with van der Waals surface area (Å²) in [6.45, 7) is 10.9. The Hall–Kier alpha value is -0.0800. The summed E-state index contributed by atoms with van der Waals surface area (Å²) in [5.74, 6) is 0.847. The maximum atomic E-state index is 3.95. The predicted molar refractivity (Wildman–Crippen MR) is 74.2 cm³/mol. The molecule has 4 atom stereocenters. The van der Waals surface area contributed by atoms with Crippen molar-refractivity contribution >= 4 is 0 Å². The van der Waals surface area contributed by atoms with Crippen molar-refractivity contribution in [1.82, 2.24) is 10.2 Å². The van der Waals surface area contributed by atoms with Crippen LogP contribution < -0.4 is 5.32 Å². The first-order valence-electron chi connectivity index (χ1n) is 7.34. The number of hydrogen-bond donors (Lipinski definition) is 1. The Bertz CT molecular complexity index is 262. The van der Waals surface area contributed by atoms with Crippen LogP contribution in [0.5, 0.6) is 0 Å². The van der Waals surface area contributed by atoms with Crippen LogP contribution in [0, 0.1) is 11.3 Å². The smallest absolute Gasteiger partial charge is 0.0101 e. The summed E-state index contributed by atoms with van der Waals surface area (Å²) in [5.41, 5.74) is 0.550. The number of hydrogen-bond acceptors (Lipinski definition) is 2. The monoisotopic (exact) mass is 238 g/mol. The minimum Gasteiger partial charge on any atom is -0.311 e. The second kappa shape index (κ2) is 4.89. The quantitative estimate of drug-likeness (QED) is 0.796. The maximum Gasteiger partial charge on any atom is 0.0101 e. The lowest BCUT2D eigenvalue weighted by molar-refractivity contribution is 0.158. The van der Waals surface area contributed by atoms with Gasteiger partial charge in [0.1, 0.15) is 0 Å². The molecule has 2 rings (SSSR count). The van der Waals surface area contributed by atoms with Gasteiger partial charge in [-0.25, -0.2) is 0 Å². The fourth-order valence-corrected chi connectivity index (χ4v) is 3.86. The number of nitrogens with one attached hydrogen (secondary N) is 1. The zero-order chi connectivity index (χ0) is 12.6. The third kappa shape index (κ3) is 3.23. The molecule has 2 fully saturated rings. The molecule has 1 N–H and O–H groups in total. The highest BCUT2D eigenvalue weighted by Gasteiger charge is 2.38. The Morgan fingerprint density at radius 3 is 2.41 bits per heavy atom. The standard InChI is InChI=1S/C15H30N2/c1-11-9-15(3,4)10-14(11)16-13-6-7-17(5)12(2)8-13/h11-14,16H,6-10H2,1-5H3. The molecule has 1 saturated heterocycles. The first-order chi connectivity index (χ1) is 7.87. The molecule has 0 spiro atoms. The molecule has 1 aliphatic heterocycles. The minimum absolute atomic E-state index is 0.550. The molecule has 0 bridgehead atoms. The average molecular weight is 238 g/mol. The maximum absolute atomic E-state index is 3.95. The van der Waals surface area contributed by atoms with E-state index in [1.807, 2.05) is 0 Å². The van der Waals surface area contributed by atoms with Gasteiger partial charge in [0.25, 0.3) is 0 Å². The van der Waals surface area contributed by atoms with E-state index in [1.54, 1.807) is 0 Å². The van der Waals surface area contributed by atoms with Crippen LogP contribution in [0.15, 0.2) is 0 Å². The number of likely N-dealkylation sites (tertiary alicyclic amines) is 1. The normalized spacial score (nSPS) is 42.9. The minimum atomic E-state index is 0.550. The summed E-state index contributed by atoms with van der Waals surface area (Å²) < 4.78 is 0. The van der Waals surface area contributed by atoms with Crippen molar-refractivity contribution in [2.75, 3.05) is 13.6 Å². The fraction of sp³-hybridized carbons (Fsp3) is 1.00. The molecule has 17 heavy (non-hydrogen) atoms. The summed E-state index contributed by atoms with van der Waals surface area (Å²) in [6, 6.07) is 2.25. The van der Waals surface area contributed by atoms with Crippen LogP contribution in [0.25, 0.3) is 0 Å². The summed E-state index contributed by atoms with van der Waals surface area (Å²) in [6.07, 6.45) is 5.38. The highest BCUT2D eigenvalue weighted by Crippen LogP contribution is 2.41. The van der Waals surface area contributed by atoms with Gasteiger partial charge in [-0.1, -0.05) is 20.8 Å². The Labute approximate surface area is 107 Å². The summed E-state index contributed by atoms with van der Waals surface area (Å²) in [4.78, 5) is 2.49. The summed E-state index contributed by atoms with van der Waals surface area (Å²) in [5, 5.41) is 3.95. The molecule has 0 aromatic carbocycles. The largest absolute Gasteiger partial charge is 0.311 e. The van der Waals surface area contributed by atoms with Crippen molar-refractivity contribution in [1.29, 1.82) is 0 Å². The van der Waals surface area contributed by atoms with Gasteiger partial charge in [0.05, 0.1) is 0 Å². The van der Waals surface area contributed by atoms with Crippen LogP contribution in [0.2, 0.25) is 0 Å². The van der Waals surface area contributed by atoms with Crippen molar-refractivity contribution < 1.29 is 0 Å². The average Bonchev–Trinajstić information content (AvgIpc) is 2.46. The van der Waals surface area contributed by atoms with Crippen LogP contribution >= 0.6 is 0 Å². The summed E-state index contributed by atoms with van der Waals surface area (Å²) in [7, 11) is 2.25. The molecule has 0 amide bonds. The Morgan fingerprint density at radius 2 is 1.88 bits per heavy atom. The van der Waals surface area contributed by atoms with Crippen molar-refractivity contribution in [3.05, 3.63) is 0 Å². The van der Waals surface area contributed by atoms with Crippen molar-refractivity contribution in [2.45, 2.75) is 71.5 Å². The van der Waals surface area contributed by atoms with Crippen LogP contribution in [0.3, 0.4) is 0 Å². The van der Waals surface area contributed by atoms with E-state index in [2.05, 4.69) is 45.0 Å². The SMILES string of the molecule is CC1CC(C)(C)CC1NC1CCN(C)C(C)C1. The van der Waals surface area contributed by atoms with Gasteiger partial charge in [-0.15, -0.1) is 0 Å². The van der Waals surface area contributed by atoms with Gasteiger partial charge < -0.3 is 10.2 Å². The summed E-state index contributed by atoms with van der Waals surface area (Å²) >= 11 is 0. The molecule has 0 radical (unpaired) electrons. The van der Waals surface area contributed by atoms with Gasteiger partial charge in [0, 0.05) is 18.1 Å². The first-order valence-corrected chi connectivity index (χ1v) is 7.34. The Kier molecular flexibility index (Phi) is 3.84. The molecule has 2 heteroatoms. The lowest BCUT2D eigenvalue weighted by Gasteiger charge is -2.37. The molecule has 1 aliphatic carbocycles. The van der Waals surface area contributed by atoms with Crippen molar-refractivity contribution in [2.24, 2.45) is 11.3 Å². The molecule has 0 aromatic rings. The molecular formula is C15H30N2. The van der Waals surface area contributed by atoms with Gasteiger partial charge in [-0.3, -0.25) is 0 Å². The second-order valence-electron chi connectivity index (χ2n) is 7.37. The highest BCUT2D eigenvalue weighted by molar-refractivity contribution is 4.94. The highest BCUT2D eigenvalue weighted by atomic mass is 15.1. The lowest BCUT2D eigenvalue weighted by Crippen LogP contribution is -2.49. The zero-order valence-electron chi connectivity index (χ0n) is 12.3. The van der Waals surface area contributed by atoms with Crippen molar-refractivity contribution in [3.8, 4) is 0 Å². The molecule has 2 aliphatic rings. The van der Waals surface area contributed by atoms with Gasteiger partial charge in [-0.05, 0) is 57.5 Å². The fourth-order valence-electron chi connectivity index (χ4n) is 3.86. The van der Waals surface area contributed by atoms with Crippen LogP contribution in [-0.4, -0.2) is 36.6 Å². The van der Waals surface area contributed by atoms with E-state index in [4.69, 9.17) is 0 Å². The predicted octanol–water partition coefficient (Wildman–Crippen LogP) is 2.88. The Morgan fingerprint density at radius 1 is 1.18 bits per heavy atom. The van der Waals surface area contributed by atoms with Crippen molar-refractivity contribution in [3.63, 3.8) is 0 Å². The van der Waals surface area contributed by atoms with E-state index in [-0.39, 0.29) is 0 Å². The number of nitrogens with zero attached hydrogens (tertiary/aromatic N) is 1. The molecule has 1 saturated carbocycles. The van der Waals surface area contributed by atoms with Crippen LogP contribution in [0.4, 0.5) is 0 Å². The third-order valence-corrected chi connectivity index (χ3v) is 4.99. The van der Waals surface area contributed by atoms with Crippen LogP contribution in [0.1, 0.15) is 53.4 Å². The lowest BCUT2D eigenvalue weighted by atomic mass is 9.91. The Balaban J connectivity index is 1.85. The molecule has 0 aromatic heterocycles. The van der Waals surface area contributed by atoms with Gasteiger partial charge in [-0.2, -0.15) is 0 Å². The van der Waals surface area contributed by atoms with E-state index in [0.717, 1.165) is 24.0 Å². The number of piperidine rings is 1. The van der Waals surface area contributed by atoms with Gasteiger partial charge >= 0.3 is 0 Å². The molecule has 2 nitrogen and oxygen atoms in total. The molecule has 1 heterocycles. The van der Waals surface area contributed by atoms with E-state index in [1.165, 1.54) is 32.2 Å². The first kappa shape index (κ1) is 13.4. The molecule has 100 valence electrons. The third-order valence-electron chi connectivity index (χ3n) is 4.99.